The van der Waals surface area contributed by atoms with Crippen LogP contribution in [-0.4, -0.2) is 18.1 Å². The zero-order valence-electron chi connectivity index (χ0n) is 10.9. The zero-order valence-corrected chi connectivity index (χ0v) is 10.9. The van der Waals surface area contributed by atoms with Gasteiger partial charge < -0.3 is 5.32 Å². The lowest BCUT2D eigenvalue weighted by atomic mass is 9.91. The number of nitrogens with one attached hydrogen (secondary N) is 1. The molecule has 1 aliphatic heterocycles. The molecule has 0 spiro atoms. The lowest BCUT2D eigenvalue weighted by Gasteiger charge is -2.14. The maximum atomic E-state index is 4.57. The van der Waals surface area contributed by atoms with E-state index in [2.05, 4.69) is 40.6 Å². The van der Waals surface area contributed by atoms with Crippen LogP contribution in [0.15, 0.2) is 30.3 Å². The van der Waals surface area contributed by atoms with E-state index in [4.69, 9.17) is 0 Å². The van der Waals surface area contributed by atoms with E-state index in [-0.39, 0.29) is 0 Å². The summed E-state index contributed by atoms with van der Waals surface area (Å²) < 4.78 is 0. The standard InChI is InChI=1S/C16H20N2/c1-12-4-5-15-11-14(6-7-16(15)18-12)13-3-2-9-17-10-8-13/h4-7,11,13,17H,2-3,8-10H2,1H3. The molecule has 3 rings (SSSR count). The summed E-state index contributed by atoms with van der Waals surface area (Å²) in [5, 5.41) is 4.75. The Morgan fingerprint density at radius 3 is 3.00 bits per heavy atom. The van der Waals surface area contributed by atoms with Crippen molar-refractivity contribution in [2.45, 2.75) is 32.1 Å². The third-order valence-electron chi connectivity index (χ3n) is 3.90. The maximum Gasteiger partial charge on any atom is 0.0705 e. The van der Waals surface area contributed by atoms with Gasteiger partial charge in [-0.1, -0.05) is 12.1 Å². The number of aromatic nitrogens is 1. The van der Waals surface area contributed by atoms with Gasteiger partial charge in [0, 0.05) is 11.1 Å². The van der Waals surface area contributed by atoms with Gasteiger partial charge in [-0.3, -0.25) is 4.98 Å². The van der Waals surface area contributed by atoms with Gasteiger partial charge in [-0.15, -0.1) is 0 Å². The molecule has 0 radical (unpaired) electrons. The molecule has 1 atom stereocenters. The van der Waals surface area contributed by atoms with Gasteiger partial charge in [-0.05, 0) is 69.0 Å². The quantitative estimate of drug-likeness (QED) is 0.826. The van der Waals surface area contributed by atoms with Gasteiger partial charge in [-0.2, -0.15) is 0 Å². The first-order valence-corrected chi connectivity index (χ1v) is 6.91. The molecule has 1 N–H and O–H groups in total. The van der Waals surface area contributed by atoms with Crippen molar-refractivity contribution in [1.82, 2.24) is 10.3 Å². The van der Waals surface area contributed by atoms with E-state index < -0.39 is 0 Å². The van der Waals surface area contributed by atoms with Crippen molar-refractivity contribution in [1.29, 1.82) is 0 Å². The van der Waals surface area contributed by atoms with Crippen LogP contribution in [0.4, 0.5) is 0 Å². The van der Waals surface area contributed by atoms with Gasteiger partial charge in [0.15, 0.2) is 0 Å². The molecule has 2 aromatic rings. The molecule has 0 bridgehead atoms. The Bertz CT molecular complexity index is 540. The fourth-order valence-corrected chi connectivity index (χ4v) is 2.85. The van der Waals surface area contributed by atoms with Crippen LogP contribution in [0.1, 0.15) is 36.4 Å². The Hall–Kier alpha value is -1.41. The van der Waals surface area contributed by atoms with E-state index in [1.54, 1.807) is 0 Å². The SMILES string of the molecule is Cc1ccc2cc(C3CCCNCC3)ccc2n1. The molecule has 1 aromatic heterocycles. The third-order valence-corrected chi connectivity index (χ3v) is 3.90. The van der Waals surface area contributed by atoms with Gasteiger partial charge in [-0.25, -0.2) is 0 Å². The molecular formula is C16H20N2. The summed E-state index contributed by atoms with van der Waals surface area (Å²) in [5.74, 6) is 0.714. The van der Waals surface area contributed by atoms with Crippen molar-refractivity contribution in [3.8, 4) is 0 Å². The molecule has 94 valence electrons. The average Bonchev–Trinajstić information content (AvgIpc) is 2.67. The molecule has 2 nitrogen and oxygen atoms in total. The van der Waals surface area contributed by atoms with Gasteiger partial charge in [0.1, 0.15) is 0 Å². The smallest absolute Gasteiger partial charge is 0.0705 e. The normalized spacial score (nSPS) is 20.8. The first-order chi connectivity index (χ1) is 8.83. The van der Waals surface area contributed by atoms with Crippen molar-refractivity contribution in [3.63, 3.8) is 0 Å². The highest BCUT2D eigenvalue weighted by Crippen LogP contribution is 2.28. The van der Waals surface area contributed by atoms with E-state index in [0.717, 1.165) is 17.8 Å². The van der Waals surface area contributed by atoms with Crippen LogP contribution < -0.4 is 5.32 Å². The first-order valence-electron chi connectivity index (χ1n) is 6.91. The molecular weight excluding hydrogens is 220 g/mol. The highest BCUT2D eigenvalue weighted by Gasteiger charge is 2.14. The predicted octanol–water partition coefficient (Wildman–Crippen LogP) is 3.40. The molecule has 1 fully saturated rings. The fourth-order valence-electron chi connectivity index (χ4n) is 2.85. The van der Waals surface area contributed by atoms with Crippen molar-refractivity contribution in [2.75, 3.05) is 13.1 Å². The second-order valence-corrected chi connectivity index (χ2v) is 5.28. The Kier molecular flexibility index (Phi) is 3.28. The monoisotopic (exact) mass is 240 g/mol. The van der Waals surface area contributed by atoms with Crippen molar-refractivity contribution >= 4 is 10.9 Å². The number of hydrogen-bond donors (Lipinski definition) is 1. The first kappa shape index (κ1) is 11.7. The van der Waals surface area contributed by atoms with Crippen LogP contribution in [0.25, 0.3) is 10.9 Å². The molecule has 0 saturated carbocycles. The van der Waals surface area contributed by atoms with Crippen LogP contribution in [0, 0.1) is 6.92 Å². The second-order valence-electron chi connectivity index (χ2n) is 5.28. The molecule has 2 heterocycles. The van der Waals surface area contributed by atoms with Gasteiger partial charge >= 0.3 is 0 Å². The molecule has 1 saturated heterocycles. The van der Waals surface area contributed by atoms with E-state index in [1.165, 1.54) is 36.8 Å². The molecule has 0 aliphatic carbocycles. The van der Waals surface area contributed by atoms with E-state index >= 15 is 0 Å². The number of rotatable bonds is 1. The Morgan fingerprint density at radius 1 is 1.11 bits per heavy atom. The Labute approximate surface area is 108 Å². The summed E-state index contributed by atoms with van der Waals surface area (Å²) >= 11 is 0. The van der Waals surface area contributed by atoms with Crippen LogP contribution in [-0.2, 0) is 0 Å². The highest BCUT2D eigenvalue weighted by molar-refractivity contribution is 5.79. The number of hydrogen-bond acceptors (Lipinski definition) is 2. The van der Waals surface area contributed by atoms with E-state index in [1.807, 2.05) is 6.92 Å². The average molecular weight is 240 g/mol. The van der Waals surface area contributed by atoms with Crippen LogP contribution in [0.2, 0.25) is 0 Å². The largest absolute Gasteiger partial charge is 0.317 e. The number of fused-ring (bicyclic) bond motifs is 1. The minimum atomic E-state index is 0.714. The van der Waals surface area contributed by atoms with Crippen LogP contribution in [0.5, 0.6) is 0 Å². The minimum Gasteiger partial charge on any atom is -0.317 e. The van der Waals surface area contributed by atoms with Gasteiger partial charge in [0.05, 0.1) is 5.52 Å². The van der Waals surface area contributed by atoms with E-state index in [9.17, 15) is 0 Å². The van der Waals surface area contributed by atoms with Gasteiger partial charge in [0.2, 0.25) is 0 Å². The Morgan fingerprint density at radius 2 is 2.06 bits per heavy atom. The molecule has 1 aliphatic rings. The second kappa shape index (κ2) is 5.07. The number of pyridine rings is 1. The molecule has 2 heteroatoms. The fraction of sp³-hybridized carbons (Fsp3) is 0.438. The summed E-state index contributed by atoms with van der Waals surface area (Å²) in [6.07, 6.45) is 3.84. The Balaban J connectivity index is 1.94. The van der Waals surface area contributed by atoms with Crippen LogP contribution >= 0.6 is 0 Å². The lowest BCUT2D eigenvalue weighted by Crippen LogP contribution is -2.13. The van der Waals surface area contributed by atoms with Crippen LogP contribution in [0.3, 0.4) is 0 Å². The summed E-state index contributed by atoms with van der Waals surface area (Å²) in [7, 11) is 0. The lowest BCUT2D eigenvalue weighted by molar-refractivity contribution is 0.610. The van der Waals surface area contributed by atoms with Gasteiger partial charge in [0.25, 0.3) is 0 Å². The summed E-state index contributed by atoms with van der Waals surface area (Å²) in [4.78, 5) is 4.57. The number of nitrogens with zero attached hydrogens (tertiary/aromatic N) is 1. The molecule has 1 aromatic carbocycles. The predicted molar refractivity (Wildman–Crippen MR) is 75.9 cm³/mol. The van der Waals surface area contributed by atoms with Crippen molar-refractivity contribution in [3.05, 3.63) is 41.6 Å². The topological polar surface area (TPSA) is 24.9 Å². The van der Waals surface area contributed by atoms with Crippen molar-refractivity contribution in [2.24, 2.45) is 0 Å². The summed E-state index contributed by atoms with van der Waals surface area (Å²) in [6.45, 7) is 4.37. The van der Waals surface area contributed by atoms with E-state index in [0.29, 0.717) is 5.92 Å². The molecule has 1 unspecified atom stereocenters. The highest BCUT2D eigenvalue weighted by atomic mass is 14.8. The zero-order chi connectivity index (χ0) is 12.4. The summed E-state index contributed by atoms with van der Waals surface area (Å²) in [5.41, 5.74) is 3.69. The summed E-state index contributed by atoms with van der Waals surface area (Å²) in [6, 6.07) is 11.1. The molecule has 0 amide bonds. The third kappa shape index (κ3) is 2.39. The maximum absolute atomic E-state index is 4.57. The number of benzene rings is 1. The molecule has 18 heavy (non-hydrogen) atoms. The minimum absolute atomic E-state index is 0.714. The van der Waals surface area contributed by atoms with Crippen molar-refractivity contribution < 1.29 is 0 Å². The number of aryl methyl sites for hydroxylation is 1.